The molecule has 1 aliphatic carbocycles. The van der Waals surface area contributed by atoms with Crippen LogP contribution < -0.4 is 5.32 Å². The number of aromatic nitrogens is 2. The number of amides is 1. The Morgan fingerprint density at radius 1 is 1.41 bits per heavy atom. The molecule has 0 radical (unpaired) electrons. The Hall–Kier alpha value is -1.36. The molecule has 5 heteroatoms. The van der Waals surface area contributed by atoms with Crippen molar-refractivity contribution in [1.82, 2.24) is 20.4 Å². The number of carbonyl (C=O) groups excluding carboxylic acids is 1. The summed E-state index contributed by atoms with van der Waals surface area (Å²) in [5.41, 5.74) is 1.77. The third kappa shape index (κ3) is 3.69. The lowest BCUT2D eigenvalue weighted by Crippen LogP contribution is -2.47. The van der Waals surface area contributed by atoms with Crippen molar-refractivity contribution in [2.45, 2.75) is 57.9 Å². The van der Waals surface area contributed by atoms with E-state index >= 15 is 0 Å². The normalized spacial score (nSPS) is 23.0. The van der Waals surface area contributed by atoms with Crippen molar-refractivity contribution < 1.29 is 4.79 Å². The molecule has 1 saturated carbocycles. The van der Waals surface area contributed by atoms with Crippen LogP contribution in [0.25, 0.3) is 0 Å². The molecular formula is C17H28N4O. The fourth-order valence-corrected chi connectivity index (χ4v) is 3.47. The van der Waals surface area contributed by atoms with Gasteiger partial charge in [-0.05, 0) is 38.1 Å². The molecule has 3 rings (SSSR count). The maximum Gasteiger partial charge on any atom is 0.254 e. The highest BCUT2D eigenvalue weighted by atomic mass is 16.1. The third-order valence-electron chi connectivity index (χ3n) is 4.75. The average molecular weight is 304 g/mol. The van der Waals surface area contributed by atoms with Crippen LogP contribution in [0.1, 0.15) is 67.9 Å². The van der Waals surface area contributed by atoms with E-state index in [1.165, 1.54) is 32.1 Å². The molecule has 0 bridgehead atoms. The predicted octanol–water partition coefficient (Wildman–Crippen LogP) is 2.53. The Morgan fingerprint density at radius 2 is 2.23 bits per heavy atom. The zero-order chi connectivity index (χ0) is 15.5. The first-order chi connectivity index (χ1) is 10.6. The second-order valence-electron chi connectivity index (χ2n) is 7.22. The van der Waals surface area contributed by atoms with Crippen LogP contribution in [0.3, 0.4) is 0 Å². The van der Waals surface area contributed by atoms with E-state index in [1.807, 2.05) is 0 Å². The van der Waals surface area contributed by atoms with Crippen LogP contribution in [0.2, 0.25) is 0 Å². The van der Waals surface area contributed by atoms with Crippen molar-refractivity contribution in [2.75, 3.05) is 19.6 Å². The Kier molecular flexibility index (Phi) is 4.81. The lowest BCUT2D eigenvalue weighted by molar-refractivity contribution is 0.0901. The highest BCUT2D eigenvalue weighted by Gasteiger charge is 2.30. The van der Waals surface area contributed by atoms with Gasteiger partial charge in [-0.2, -0.15) is 5.10 Å². The Morgan fingerprint density at radius 3 is 2.95 bits per heavy atom. The van der Waals surface area contributed by atoms with E-state index in [4.69, 9.17) is 0 Å². The summed E-state index contributed by atoms with van der Waals surface area (Å²) in [6.45, 7) is 7.56. The van der Waals surface area contributed by atoms with Crippen LogP contribution in [-0.2, 0) is 0 Å². The predicted molar refractivity (Wildman–Crippen MR) is 86.9 cm³/mol. The number of H-pyrrole nitrogens is 1. The summed E-state index contributed by atoms with van der Waals surface area (Å²) in [5, 5.41) is 10.2. The lowest BCUT2D eigenvalue weighted by Gasteiger charge is -2.36. The summed E-state index contributed by atoms with van der Waals surface area (Å²) in [6, 6.07) is 0.483. The number of nitrogens with zero attached hydrogens (tertiary/aromatic N) is 2. The summed E-state index contributed by atoms with van der Waals surface area (Å²) < 4.78 is 0. The van der Waals surface area contributed by atoms with E-state index in [9.17, 15) is 4.79 Å². The molecule has 1 amide bonds. The maximum atomic E-state index is 12.4. The number of aromatic amines is 1. The molecule has 0 spiro atoms. The third-order valence-corrected chi connectivity index (χ3v) is 4.75. The monoisotopic (exact) mass is 304 g/mol. The van der Waals surface area contributed by atoms with Crippen molar-refractivity contribution in [3.05, 3.63) is 17.5 Å². The van der Waals surface area contributed by atoms with Crippen LogP contribution in [-0.4, -0.2) is 46.7 Å². The molecule has 5 nitrogen and oxygen atoms in total. The standard InChI is InChI=1S/C17H28N4O/c1-12(2)11-21-8-4-3-5-14(21)9-18-17(22)15-10-19-20-16(15)13-6-7-13/h10,12-14H,3-9,11H2,1-2H3,(H,18,22)(H,19,20)/t14-/m1/s1. The molecule has 1 saturated heterocycles. The Labute approximate surface area is 132 Å². The van der Waals surface area contributed by atoms with Gasteiger partial charge in [0.2, 0.25) is 0 Å². The van der Waals surface area contributed by atoms with Gasteiger partial charge in [-0.3, -0.25) is 14.8 Å². The van der Waals surface area contributed by atoms with Gasteiger partial charge in [-0.25, -0.2) is 0 Å². The molecule has 1 aliphatic heterocycles. The zero-order valence-electron chi connectivity index (χ0n) is 13.8. The largest absolute Gasteiger partial charge is 0.350 e. The minimum absolute atomic E-state index is 0.0331. The van der Waals surface area contributed by atoms with Gasteiger partial charge in [-0.1, -0.05) is 20.3 Å². The summed E-state index contributed by atoms with van der Waals surface area (Å²) >= 11 is 0. The van der Waals surface area contributed by atoms with Gasteiger partial charge in [0.1, 0.15) is 0 Å². The smallest absolute Gasteiger partial charge is 0.254 e. The quantitative estimate of drug-likeness (QED) is 0.849. The van der Waals surface area contributed by atoms with Gasteiger partial charge in [0.05, 0.1) is 17.5 Å². The molecule has 0 aromatic carbocycles. The molecule has 22 heavy (non-hydrogen) atoms. The summed E-state index contributed by atoms with van der Waals surface area (Å²) in [5.74, 6) is 1.23. The highest BCUT2D eigenvalue weighted by molar-refractivity contribution is 5.95. The van der Waals surface area contributed by atoms with Gasteiger partial charge in [-0.15, -0.1) is 0 Å². The number of hydrogen-bond donors (Lipinski definition) is 2. The van der Waals surface area contributed by atoms with Crippen LogP contribution in [0, 0.1) is 5.92 Å². The summed E-state index contributed by atoms with van der Waals surface area (Å²) in [6.07, 6.45) is 7.77. The van der Waals surface area contributed by atoms with E-state index in [0.29, 0.717) is 17.9 Å². The first-order valence-corrected chi connectivity index (χ1v) is 8.70. The lowest BCUT2D eigenvalue weighted by atomic mass is 10.0. The van der Waals surface area contributed by atoms with E-state index < -0.39 is 0 Å². The van der Waals surface area contributed by atoms with Gasteiger partial charge in [0.15, 0.2) is 0 Å². The van der Waals surface area contributed by atoms with Crippen molar-refractivity contribution in [2.24, 2.45) is 5.92 Å². The molecule has 1 aromatic heterocycles. The van der Waals surface area contributed by atoms with E-state index in [-0.39, 0.29) is 5.91 Å². The van der Waals surface area contributed by atoms with Crippen LogP contribution in [0.5, 0.6) is 0 Å². The SMILES string of the molecule is CC(C)CN1CCCC[C@@H]1CNC(=O)c1cn[nH]c1C1CC1. The number of piperidine rings is 1. The molecule has 122 valence electrons. The zero-order valence-corrected chi connectivity index (χ0v) is 13.8. The van der Waals surface area contributed by atoms with Crippen LogP contribution >= 0.6 is 0 Å². The van der Waals surface area contributed by atoms with Gasteiger partial charge < -0.3 is 5.32 Å². The van der Waals surface area contributed by atoms with E-state index in [0.717, 1.165) is 30.9 Å². The first-order valence-electron chi connectivity index (χ1n) is 8.70. The average Bonchev–Trinajstić information content (AvgIpc) is 3.22. The minimum Gasteiger partial charge on any atom is -0.350 e. The number of hydrogen-bond acceptors (Lipinski definition) is 3. The van der Waals surface area contributed by atoms with Crippen LogP contribution in [0.15, 0.2) is 6.20 Å². The van der Waals surface area contributed by atoms with Crippen molar-refractivity contribution in [3.63, 3.8) is 0 Å². The fourth-order valence-electron chi connectivity index (χ4n) is 3.47. The molecule has 2 heterocycles. The maximum absolute atomic E-state index is 12.4. The number of nitrogens with one attached hydrogen (secondary N) is 2. The molecule has 2 N–H and O–H groups in total. The Bertz CT molecular complexity index is 507. The minimum atomic E-state index is 0.0331. The Balaban J connectivity index is 1.56. The second-order valence-corrected chi connectivity index (χ2v) is 7.22. The van der Waals surface area contributed by atoms with Gasteiger partial charge >= 0.3 is 0 Å². The molecule has 2 fully saturated rings. The van der Waals surface area contributed by atoms with Gasteiger partial charge in [0.25, 0.3) is 5.91 Å². The fraction of sp³-hybridized carbons (Fsp3) is 0.765. The topological polar surface area (TPSA) is 61.0 Å². The number of rotatable bonds is 6. The van der Waals surface area contributed by atoms with Gasteiger partial charge in [0, 0.05) is 25.0 Å². The molecule has 2 aliphatic rings. The number of carbonyl (C=O) groups is 1. The van der Waals surface area contributed by atoms with E-state index in [1.54, 1.807) is 6.20 Å². The summed E-state index contributed by atoms with van der Waals surface area (Å²) in [7, 11) is 0. The molecular weight excluding hydrogens is 276 g/mol. The first kappa shape index (κ1) is 15.5. The molecule has 0 unspecified atom stereocenters. The van der Waals surface area contributed by atoms with Crippen molar-refractivity contribution >= 4 is 5.91 Å². The number of likely N-dealkylation sites (tertiary alicyclic amines) is 1. The van der Waals surface area contributed by atoms with Crippen LogP contribution in [0.4, 0.5) is 0 Å². The molecule has 1 atom stereocenters. The van der Waals surface area contributed by atoms with Crippen molar-refractivity contribution in [1.29, 1.82) is 0 Å². The van der Waals surface area contributed by atoms with E-state index in [2.05, 4.69) is 34.3 Å². The summed E-state index contributed by atoms with van der Waals surface area (Å²) in [4.78, 5) is 15.0. The highest BCUT2D eigenvalue weighted by Crippen LogP contribution is 2.40. The van der Waals surface area contributed by atoms with Crippen molar-refractivity contribution in [3.8, 4) is 0 Å². The molecule has 1 aromatic rings. The second kappa shape index (κ2) is 6.82.